The lowest BCUT2D eigenvalue weighted by molar-refractivity contribution is -0.143. The summed E-state index contributed by atoms with van der Waals surface area (Å²) in [6.07, 6.45) is 0.458. The predicted molar refractivity (Wildman–Crippen MR) is 127 cm³/mol. The highest BCUT2D eigenvalue weighted by molar-refractivity contribution is 6.42. The topological polar surface area (TPSA) is 67.9 Å². The van der Waals surface area contributed by atoms with Crippen LogP contribution in [0.2, 0.25) is 10.0 Å². The summed E-state index contributed by atoms with van der Waals surface area (Å²) in [7, 11) is 1.58. The number of ether oxygens (including phenoxy) is 2. The number of rotatable bonds is 11. The van der Waals surface area contributed by atoms with Crippen LogP contribution in [0.4, 0.5) is 0 Å². The minimum Gasteiger partial charge on any atom is -0.497 e. The Kier molecular flexibility index (Phi) is 10.1. The molecule has 0 aliphatic rings. The molecule has 8 heteroatoms. The summed E-state index contributed by atoms with van der Waals surface area (Å²) in [5, 5.41) is 3.75. The van der Waals surface area contributed by atoms with E-state index < -0.39 is 6.04 Å². The number of hydrogen-bond donors (Lipinski definition) is 1. The van der Waals surface area contributed by atoms with Gasteiger partial charge < -0.3 is 19.7 Å². The molecule has 0 heterocycles. The Morgan fingerprint density at radius 2 is 1.69 bits per heavy atom. The molecule has 1 N–H and O–H groups in total. The third kappa shape index (κ3) is 7.61. The van der Waals surface area contributed by atoms with Crippen molar-refractivity contribution in [2.45, 2.75) is 39.8 Å². The quantitative estimate of drug-likeness (QED) is 0.493. The average molecular weight is 481 g/mol. The van der Waals surface area contributed by atoms with Crippen LogP contribution in [0, 0.1) is 5.92 Å². The molecule has 0 saturated carbocycles. The number of carbonyl (C=O) groups excluding carboxylic acids is 2. The molecule has 0 unspecified atom stereocenters. The lowest BCUT2D eigenvalue weighted by Gasteiger charge is -2.31. The zero-order valence-electron chi connectivity index (χ0n) is 18.9. The fourth-order valence-electron chi connectivity index (χ4n) is 3.08. The Balaban J connectivity index is 2.20. The third-order valence-corrected chi connectivity index (χ3v) is 5.57. The molecule has 174 valence electrons. The maximum atomic E-state index is 13.2. The molecule has 0 aliphatic carbocycles. The van der Waals surface area contributed by atoms with E-state index in [0.29, 0.717) is 40.4 Å². The Labute approximate surface area is 199 Å². The van der Waals surface area contributed by atoms with Gasteiger partial charge in [-0.05, 0) is 54.3 Å². The summed E-state index contributed by atoms with van der Waals surface area (Å²) in [5.74, 6) is 1.02. The first-order valence-corrected chi connectivity index (χ1v) is 11.3. The van der Waals surface area contributed by atoms with Gasteiger partial charge in [-0.1, -0.05) is 50.0 Å². The number of nitrogens with one attached hydrogen (secondary N) is 1. The number of methoxy groups -OCH3 is 1. The minimum atomic E-state index is -0.643. The van der Waals surface area contributed by atoms with Crippen molar-refractivity contribution in [3.63, 3.8) is 0 Å². The first kappa shape index (κ1) is 25.8. The Hall–Kier alpha value is -2.44. The highest BCUT2D eigenvalue weighted by atomic mass is 35.5. The number of hydrogen-bond acceptors (Lipinski definition) is 4. The molecule has 0 spiro atoms. The van der Waals surface area contributed by atoms with E-state index in [-0.39, 0.29) is 25.0 Å². The summed E-state index contributed by atoms with van der Waals surface area (Å²) in [6.45, 7) is 6.44. The number of halogens is 2. The normalized spacial score (nSPS) is 11.7. The van der Waals surface area contributed by atoms with Gasteiger partial charge in [0.15, 0.2) is 6.61 Å². The van der Waals surface area contributed by atoms with Crippen LogP contribution in [0.3, 0.4) is 0 Å². The fourth-order valence-corrected chi connectivity index (χ4v) is 3.40. The van der Waals surface area contributed by atoms with Crippen molar-refractivity contribution in [2.75, 3.05) is 20.3 Å². The maximum absolute atomic E-state index is 13.2. The largest absolute Gasteiger partial charge is 0.497 e. The van der Waals surface area contributed by atoms with Gasteiger partial charge in [-0.2, -0.15) is 0 Å². The van der Waals surface area contributed by atoms with Crippen LogP contribution >= 0.6 is 23.2 Å². The third-order valence-electron chi connectivity index (χ3n) is 4.83. The Bertz CT molecular complexity index is 903. The van der Waals surface area contributed by atoms with Crippen LogP contribution in [0.1, 0.15) is 32.8 Å². The molecule has 1 atom stereocenters. The Morgan fingerprint density at radius 3 is 2.25 bits per heavy atom. The molecular formula is C24H30Cl2N2O4. The number of nitrogens with zero attached hydrogens (tertiary/aromatic N) is 1. The second-order valence-electron chi connectivity index (χ2n) is 7.80. The van der Waals surface area contributed by atoms with E-state index in [4.69, 9.17) is 32.7 Å². The standard InChI is InChI=1S/C24H30Cl2N2O4/c1-5-22(24(30)27-13-16(2)3)28(14-17-6-11-20(25)21(26)12-17)23(29)15-32-19-9-7-18(31-4)8-10-19/h6-12,16,22H,5,13-15H2,1-4H3,(H,27,30)/t22-/m0/s1. The SMILES string of the molecule is CC[C@@H](C(=O)NCC(C)C)N(Cc1ccc(Cl)c(Cl)c1)C(=O)COc1ccc(OC)cc1. The maximum Gasteiger partial charge on any atom is 0.261 e. The van der Waals surface area contributed by atoms with Crippen molar-refractivity contribution < 1.29 is 19.1 Å². The van der Waals surface area contributed by atoms with Crippen LogP contribution in [0.15, 0.2) is 42.5 Å². The van der Waals surface area contributed by atoms with E-state index in [1.54, 1.807) is 49.6 Å². The van der Waals surface area contributed by atoms with Gasteiger partial charge in [0.2, 0.25) is 5.91 Å². The minimum absolute atomic E-state index is 0.195. The predicted octanol–water partition coefficient (Wildman–Crippen LogP) is 4.96. The van der Waals surface area contributed by atoms with Gasteiger partial charge in [-0.3, -0.25) is 9.59 Å². The molecule has 0 fully saturated rings. The highest BCUT2D eigenvalue weighted by Crippen LogP contribution is 2.24. The van der Waals surface area contributed by atoms with Gasteiger partial charge in [0, 0.05) is 13.1 Å². The number of amides is 2. The van der Waals surface area contributed by atoms with Gasteiger partial charge in [0.1, 0.15) is 17.5 Å². The molecule has 0 radical (unpaired) electrons. The smallest absolute Gasteiger partial charge is 0.261 e. The highest BCUT2D eigenvalue weighted by Gasteiger charge is 2.29. The Morgan fingerprint density at radius 1 is 1.03 bits per heavy atom. The number of benzene rings is 2. The van der Waals surface area contributed by atoms with Gasteiger partial charge in [0.05, 0.1) is 17.2 Å². The second kappa shape index (κ2) is 12.6. The first-order valence-electron chi connectivity index (χ1n) is 10.5. The van der Waals surface area contributed by atoms with Crippen LogP contribution in [0.5, 0.6) is 11.5 Å². The van der Waals surface area contributed by atoms with Crippen molar-refractivity contribution in [3.8, 4) is 11.5 Å². The van der Waals surface area contributed by atoms with Crippen LogP contribution in [-0.2, 0) is 16.1 Å². The summed E-state index contributed by atoms with van der Waals surface area (Å²) >= 11 is 12.2. The van der Waals surface area contributed by atoms with E-state index in [1.807, 2.05) is 20.8 Å². The van der Waals surface area contributed by atoms with E-state index in [1.165, 1.54) is 4.90 Å². The zero-order chi connectivity index (χ0) is 23.7. The molecule has 32 heavy (non-hydrogen) atoms. The van der Waals surface area contributed by atoms with Gasteiger partial charge >= 0.3 is 0 Å². The van der Waals surface area contributed by atoms with Crippen molar-refractivity contribution in [1.29, 1.82) is 0 Å². The van der Waals surface area contributed by atoms with Gasteiger partial charge in [0.25, 0.3) is 5.91 Å². The summed E-state index contributed by atoms with van der Waals surface area (Å²) in [6, 6.07) is 11.5. The molecule has 2 aromatic carbocycles. The molecule has 0 bridgehead atoms. The van der Waals surface area contributed by atoms with Crippen molar-refractivity contribution in [2.24, 2.45) is 5.92 Å². The lowest BCUT2D eigenvalue weighted by Crippen LogP contribution is -2.50. The average Bonchev–Trinajstić information content (AvgIpc) is 2.78. The van der Waals surface area contributed by atoms with E-state index >= 15 is 0 Å². The monoisotopic (exact) mass is 480 g/mol. The number of carbonyl (C=O) groups is 2. The van der Waals surface area contributed by atoms with Crippen LogP contribution < -0.4 is 14.8 Å². The fraction of sp³-hybridized carbons (Fsp3) is 0.417. The molecule has 0 saturated heterocycles. The summed E-state index contributed by atoms with van der Waals surface area (Å²) < 4.78 is 10.8. The van der Waals surface area contributed by atoms with Gasteiger partial charge in [-0.15, -0.1) is 0 Å². The molecule has 2 amide bonds. The van der Waals surface area contributed by atoms with Crippen LogP contribution in [0.25, 0.3) is 0 Å². The first-order chi connectivity index (χ1) is 15.2. The second-order valence-corrected chi connectivity index (χ2v) is 8.61. The van der Waals surface area contributed by atoms with Crippen molar-refractivity contribution in [3.05, 3.63) is 58.1 Å². The molecule has 0 aliphatic heterocycles. The summed E-state index contributed by atoms with van der Waals surface area (Å²) in [5.41, 5.74) is 0.771. The van der Waals surface area contributed by atoms with E-state index in [9.17, 15) is 9.59 Å². The zero-order valence-corrected chi connectivity index (χ0v) is 20.4. The molecule has 0 aromatic heterocycles. The van der Waals surface area contributed by atoms with Gasteiger partial charge in [-0.25, -0.2) is 0 Å². The summed E-state index contributed by atoms with van der Waals surface area (Å²) in [4.78, 5) is 27.6. The van der Waals surface area contributed by atoms with Crippen molar-refractivity contribution >= 4 is 35.0 Å². The molecule has 2 rings (SSSR count). The molecule has 6 nitrogen and oxygen atoms in total. The van der Waals surface area contributed by atoms with Crippen molar-refractivity contribution in [1.82, 2.24) is 10.2 Å². The molecular weight excluding hydrogens is 451 g/mol. The van der Waals surface area contributed by atoms with Crippen LogP contribution in [-0.4, -0.2) is 43.0 Å². The molecule has 2 aromatic rings. The van der Waals surface area contributed by atoms with E-state index in [2.05, 4.69) is 5.32 Å². The van der Waals surface area contributed by atoms with E-state index in [0.717, 1.165) is 5.56 Å². The lowest BCUT2D eigenvalue weighted by atomic mass is 10.1.